The molecule has 2 aromatic carbocycles. The average molecular weight is 325 g/mol. The van der Waals surface area contributed by atoms with Crippen LogP contribution in [0.2, 0.25) is 0 Å². The molecule has 0 atom stereocenters. The van der Waals surface area contributed by atoms with Crippen LogP contribution in [0.4, 0.5) is 0 Å². The SMILES string of the molecule is Cn1c(/C=N/NC(=O)c2cc(O)c(O)c(O)c2)cc2ccccc21. The van der Waals surface area contributed by atoms with Crippen LogP contribution in [0.15, 0.2) is 47.6 Å². The second-order valence-electron chi connectivity index (χ2n) is 5.25. The maximum atomic E-state index is 12.0. The highest BCUT2D eigenvalue weighted by atomic mass is 16.3. The molecule has 1 aromatic heterocycles. The van der Waals surface area contributed by atoms with Gasteiger partial charge in [-0.2, -0.15) is 5.10 Å². The number of aromatic nitrogens is 1. The number of nitrogens with zero attached hydrogens (tertiary/aromatic N) is 2. The van der Waals surface area contributed by atoms with Gasteiger partial charge in [0.15, 0.2) is 17.2 Å². The van der Waals surface area contributed by atoms with E-state index in [0.29, 0.717) is 0 Å². The lowest BCUT2D eigenvalue weighted by atomic mass is 10.2. The zero-order valence-corrected chi connectivity index (χ0v) is 12.8. The first-order chi connectivity index (χ1) is 11.5. The highest BCUT2D eigenvalue weighted by molar-refractivity contribution is 5.96. The molecule has 0 unspecified atom stereocenters. The van der Waals surface area contributed by atoms with Crippen molar-refractivity contribution < 1.29 is 20.1 Å². The van der Waals surface area contributed by atoms with E-state index >= 15 is 0 Å². The lowest BCUT2D eigenvalue weighted by molar-refractivity contribution is 0.0954. The summed E-state index contributed by atoms with van der Waals surface area (Å²) in [4.78, 5) is 12.0. The van der Waals surface area contributed by atoms with Crippen molar-refractivity contribution >= 4 is 23.0 Å². The van der Waals surface area contributed by atoms with Crippen molar-refractivity contribution in [2.24, 2.45) is 12.1 Å². The zero-order chi connectivity index (χ0) is 17.3. The second kappa shape index (κ2) is 5.96. The molecule has 4 N–H and O–H groups in total. The summed E-state index contributed by atoms with van der Waals surface area (Å²) < 4.78 is 1.93. The number of phenolic OH excluding ortho intramolecular Hbond substituents is 3. The molecule has 122 valence electrons. The molecule has 3 aromatic rings. The monoisotopic (exact) mass is 325 g/mol. The molecule has 24 heavy (non-hydrogen) atoms. The van der Waals surface area contributed by atoms with Gasteiger partial charge in [-0.25, -0.2) is 5.43 Å². The lowest BCUT2D eigenvalue weighted by Gasteiger charge is -2.04. The number of carbonyl (C=O) groups is 1. The third kappa shape index (κ3) is 2.74. The predicted octanol–water partition coefficient (Wildman–Crippen LogP) is 2.06. The van der Waals surface area contributed by atoms with Crippen LogP contribution in [0.25, 0.3) is 10.9 Å². The maximum Gasteiger partial charge on any atom is 0.271 e. The van der Waals surface area contributed by atoms with Gasteiger partial charge in [0, 0.05) is 23.5 Å². The van der Waals surface area contributed by atoms with Crippen LogP contribution in [0.1, 0.15) is 16.1 Å². The number of hydrogen-bond donors (Lipinski definition) is 4. The minimum Gasteiger partial charge on any atom is -0.504 e. The summed E-state index contributed by atoms with van der Waals surface area (Å²) in [6.07, 6.45) is 1.50. The Bertz CT molecular complexity index is 937. The van der Waals surface area contributed by atoms with Crippen molar-refractivity contribution in [2.75, 3.05) is 0 Å². The molecule has 0 spiro atoms. The molecular formula is C17H15N3O4. The van der Waals surface area contributed by atoms with E-state index in [0.717, 1.165) is 28.7 Å². The highest BCUT2D eigenvalue weighted by Gasteiger charge is 2.13. The summed E-state index contributed by atoms with van der Waals surface area (Å²) in [7, 11) is 1.89. The molecule has 7 nitrogen and oxygen atoms in total. The molecule has 7 heteroatoms. The molecule has 1 amide bonds. The van der Waals surface area contributed by atoms with Gasteiger partial charge < -0.3 is 19.9 Å². The first-order valence-electron chi connectivity index (χ1n) is 7.10. The Balaban J connectivity index is 1.78. The summed E-state index contributed by atoms with van der Waals surface area (Å²) in [5.41, 5.74) is 4.12. The van der Waals surface area contributed by atoms with Crippen LogP contribution in [0, 0.1) is 0 Å². The lowest BCUT2D eigenvalue weighted by Crippen LogP contribution is -2.17. The van der Waals surface area contributed by atoms with Gasteiger partial charge in [0.25, 0.3) is 5.91 Å². The fourth-order valence-corrected chi connectivity index (χ4v) is 2.39. The minimum absolute atomic E-state index is 0.0306. The Kier molecular flexibility index (Phi) is 3.83. The summed E-state index contributed by atoms with van der Waals surface area (Å²) >= 11 is 0. The fourth-order valence-electron chi connectivity index (χ4n) is 2.39. The Morgan fingerprint density at radius 3 is 2.46 bits per heavy atom. The second-order valence-corrected chi connectivity index (χ2v) is 5.25. The normalized spacial score (nSPS) is 11.2. The number of aromatic hydroxyl groups is 3. The Morgan fingerprint density at radius 1 is 1.12 bits per heavy atom. The molecule has 0 fully saturated rings. The number of phenols is 3. The molecule has 0 aliphatic carbocycles. The van der Waals surface area contributed by atoms with Crippen LogP contribution in [-0.2, 0) is 7.05 Å². The topological polar surface area (TPSA) is 107 Å². The van der Waals surface area contributed by atoms with Crippen molar-refractivity contribution in [3.63, 3.8) is 0 Å². The molecular weight excluding hydrogens is 310 g/mol. The van der Waals surface area contributed by atoms with Crippen LogP contribution < -0.4 is 5.43 Å². The van der Waals surface area contributed by atoms with Crippen LogP contribution in [0.3, 0.4) is 0 Å². The highest BCUT2D eigenvalue weighted by Crippen LogP contribution is 2.35. The molecule has 3 rings (SSSR count). The first-order valence-corrected chi connectivity index (χ1v) is 7.10. The van der Waals surface area contributed by atoms with Crippen molar-refractivity contribution in [1.29, 1.82) is 0 Å². The number of aryl methyl sites for hydroxylation is 1. The van der Waals surface area contributed by atoms with Gasteiger partial charge in [-0.15, -0.1) is 0 Å². The van der Waals surface area contributed by atoms with Gasteiger partial charge in [-0.05, 0) is 24.3 Å². The van der Waals surface area contributed by atoms with E-state index in [1.54, 1.807) is 0 Å². The molecule has 0 saturated carbocycles. The third-order valence-corrected chi connectivity index (χ3v) is 3.68. The van der Waals surface area contributed by atoms with E-state index in [-0.39, 0.29) is 5.56 Å². The third-order valence-electron chi connectivity index (χ3n) is 3.68. The van der Waals surface area contributed by atoms with Crippen LogP contribution >= 0.6 is 0 Å². The molecule has 1 heterocycles. The molecule has 0 bridgehead atoms. The van der Waals surface area contributed by atoms with Gasteiger partial charge in [-0.1, -0.05) is 18.2 Å². The molecule has 0 radical (unpaired) electrons. The van der Waals surface area contributed by atoms with Crippen molar-refractivity contribution in [3.05, 3.63) is 53.7 Å². The summed E-state index contributed by atoms with van der Waals surface area (Å²) in [5, 5.41) is 33.1. The number of amides is 1. The van der Waals surface area contributed by atoms with E-state index in [9.17, 15) is 20.1 Å². The molecule has 0 aliphatic rings. The van der Waals surface area contributed by atoms with E-state index in [2.05, 4.69) is 10.5 Å². The van der Waals surface area contributed by atoms with Crippen molar-refractivity contribution in [1.82, 2.24) is 9.99 Å². The Hall–Kier alpha value is -3.48. The van der Waals surface area contributed by atoms with Gasteiger partial charge in [-0.3, -0.25) is 4.79 Å². The number of hydrazone groups is 1. The number of para-hydroxylation sites is 1. The molecule has 0 aliphatic heterocycles. The largest absolute Gasteiger partial charge is 0.504 e. The van der Waals surface area contributed by atoms with Gasteiger partial charge in [0.1, 0.15) is 0 Å². The van der Waals surface area contributed by atoms with E-state index < -0.39 is 23.2 Å². The number of fused-ring (bicyclic) bond motifs is 1. The van der Waals surface area contributed by atoms with E-state index in [1.165, 1.54) is 6.21 Å². The average Bonchev–Trinajstić information content (AvgIpc) is 2.88. The van der Waals surface area contributed by atoms with E-state index in [1.807, 2.05) is 41.9 Å². The summed E-state index contributed by atoms with van der Waals surface area (Å²) in [6.45, 7) is 0. The Morgan fingerprint density at radius 2 is 1.79 bits per heavy atom. The van der Waals surface area contributed by atoms with Gasteiger partial charge in [0.05, 0.1) is 11.9 Å². The molecule has 0 saturated heterocycles. The number of hydrogen-bond acceptors (Lipinski definition) is 5. The number of rotatable bonds is 3. The van der Waals surface area contributed by atoms with Crippen LogP contribution in [-0.4, -0.2) is 32.0 Å². The smallest absolute Gasteiger partial charge is 0.271 e. The summed E-state index contributed by atoms with van der Waals surface area (Å²) in [5.74, 6) is -2.48. The number of nitrogens with one attached hydrogen (secondary N) is 1. The minimum atomic E-state index is -0.675. The number of carbonyl (C=O) groups excluding carboxylic acids is 1. The van der Waals surface area contributed by atoms with Gasteiger partial charge >= 0.3 is 0 Å². The van der Waals surface area contributed by atoms with Gasteiger partial charge in [0.2, 0.25) is 0 Å². The maximum absolute atomic E-state index is 12.0. The van der Waals surface area contributed by atoms with Crippen molar-refractivity contribution in [3.8, 4) is 17.2 Å². The van der Waals surface area contributed by atoms with Crippen LogP contribution in [0.5, 0.6) is 17.2 Å². The van der Waals surface area contributed by atoms with E-state index in [4.69, 9.17) is 0 Å². The quantitative estimate of drug-likeness (QED) is 0.336. The predicted molar refractivity (Wildman–Crippen MR) is 89.4 cm³/mol. The number of benzene rings is 2. The van der Waals surface area contributed by atoms with Crippen molar-refractivity contribution in [2.45, 2.75) is 0 Å². The zero-order valence-electron chi connectivity index (χ0n) is 12.8. The summed E-state index contributed by atoms with van der Waals surface area (Å²) in [6, 6.07) is 11.8. The first kappa shape index (κ1) is 15.4. The standard InChI is InChI=1S/C17H15N3O4/c1-20-12(6-10-4-2-3-5-13(10)20)9-18-19-17(24)11-7-14(21)16(23)15(22)8-11/h2-9,21-23H,1H3,(H,19,24)/b18-9+. The fraction of sp³-hybridized carbons (Fsp3) is 0.0588. The Labute approximate surface area is 137 Å².